The summed E-state index contributed by atoms with van der Waals surface area (Å²) in [7, 11) is 0. The van der Waals surface area contributed by atoms with Crippen molar-refractivity contribution in [1.29, 1.82) is 0 Å². The molecule has 0 aliphatic heterocycles. The van der Waals surface area contributed by atoms with E-state index in [1.54, 1.807) is 0 Å². The maximum Gasteiger partial charge on any atom is 0.310 e. The van der Waals surface area contributed by atoms with Gasteiger partial charge in [-0.1, -0.05) is 255 Å². The minimum Gasteiger partial charge on any atom is -0.462 e. The molecular formula is C54H88O6. The zero-order valence-corrected chi connectivity index (χ0v) is 38.7. The Morgan fingerprint density at radius 1 is 0.383 bits per heavy atom. The fraction of sp³-hybridized carbons (Fsp3) is 0.722. The Morgan fingerprint density at radius 3 is 1.05 bits per heavy atom. The van der Waals surface area contributed by atoms with Gasteiger partial charge in [-0.3, -0.25) is 14.4 Å². The molecule has 1 atom stereocenters. The van der Waals surface area contributed by atoms with Crippen LogP contribution in [0.3, 0.4) is 0 Å². The number of rotatable bonds is 41. The Hall–Kier alpha value is -3.15. The smallest absolute Gasteiger partial charge is 0.310 e. The summed E-state index contributed by atoms with van der Waals surface area (Å²) in [4.78, 5) is 38.3. The molecule has 60 heavy (non-hydrogen) atoms. The number of hydrogen-bond donors (Lipinski definition) is 0. The van der Waals surface area contributed by atoms with Gasteiger partial charge in [0.2, 0.25) is 0 Å². The van der Waals surface area contributed by atoms with Gasteiger partial charge < -0.3 is 14.2 Å². The molecule has 2 rings (SSSR count). The van der Waals surface area contributed by atoms with Gasteiger partial charge in [0.1, 0.15) is 13.2 Å². The van der Waals surface area contributed by atoms with Crippen LogP contribution in [0, 0.1) is 0 Å². The summed E-state index contributed by atoms with van der Waals surface area (Å²) >= 11 is 0. The van der Waals surface area contributed by atoms with Gasteiger partial charge in [-0.25, -0.2) is 0 Å². The lowest BCUT2D eigenvalue weighted by Crippen LogP contribution is -2.31. The average molecular weight is 833 g/mol. The number of esters is 3. The topological polar surface area (TPSA) is 78.9 Å². The van der Waals surface area contributed by atoms with E-state index in [0.29, 0.717) is 12.8 Å². The Bertz CT molecular complexity index is 1290. The minimum absolute atomic E-state index is 0.0752. The van der Waals surface area contributed by atoms with Crippen LogP contribution < -0.4 is 0 Å². The molecule has 2 aromatic carbocycles. The van der Waals surface area contributed by atoms with Crippen molar-refractivity contribution in [1.82, 2.24) is 0 Å². The van der Waals surface area contributed by atoms with Crippen LogP contribution in [-0.4, -0.2) is 37.2 Å². The number of hydrogen-bond acceptors (Lipinski definition) is 6. The molecule has 1 unspecified atom stereocenters. The fourth-order valence-electron chi connectivity index (χ4n) is 7.93. The van der Waals surface area contributed by atoms with Gasteiger partial charge in [0.05, 0.1) is 6.42 Å². The van der Waals surface area contributed by atoms with Crippen molar-refractivity contribution in [3.63, 3.8) is 0 Å². The van der Waals surface area contributed by atoms with E-state index in [9.17, 15) is 14.4 Å². The molecule has 0 spiro atoms. The zero-order chi connectivity index (χ0) is 43.0. The largest absolute Gasteiger partial charge is 0.462 e. The van der Waals surface area contributed by atoms with Crippen molar-refractivity contribution in [2.24, 2.45) is 0 Å². The summed E-state index contributed by atoms with van der Waals surface area (Å²) in [6, 6.07) is 17.9. The lowest BCUT2D eigenvalue weighted by Gasteiger charge is -2.18. The van der Waals surface area contributed by atoms with Crippen LogP contribution in [0.1, 0.15) is 231 Å². The Kier molecular flexibility index (Phi) is 34.2. The third-order valence-corrected chi connectivity index (χ3v) is 11.8. The van der Waals surface area contributed by atoms with Crippen LogP contribution >= 0.6 is 0 Å². The van der Waals surface area contributed by atoms with Crippen molar-refractivity contribution in [2.45, 2.75) is 238 Å². The van der Waals surface area contributed by atoms with Gasteiger partial charge in [0.25, 0.3) is 0 Å². The van der Waals surface area contributed by atoms with E-state index in [1.807, 2.05) is 42.5 Å². The van der Waals surface area contributed by atoms with Crippen LogP contribution in [-0.2, 0) is 35.0 Å². The first kappa shape index (κ1) is 53.0. The van der Waals surface area contributed by atoms with Gasteiger partial charge >= 0.3 is 17.9 Å². The van der Waals surface area contributed by atoms with Crippen molar-refractivity contribution in [3.8, 4) is 11.1 Å². The third-order valence-electron chi connectivity index (χ3n) is 11.8. The summed E-state index contributed by atoms with van der Waals surface area (Å²) in [5.74, 6) is -1.05. The standard InChI is InChI=1S/C54H88O6/c1-3-5-7-9-11-13-15-17-19-21-23-25-27-29-31-36-40-53(56)59-47-51(60-54(57)45-48-41-43-50(44-42-48)49-37-33-32-34-38-49)46-58-52(55)39-35-30-28-26-24-22-20-18-16-14-12-10-8-6-4-2/h32-34,37-38,41-44,51H,3-31,35-36,39-40,45-47H2,1-2H3. The maximum absolute atomic E-state index is 13.0. The third kappa shape index (κ3) is 30.8. The van der Waals surface area contributed by atoms with Crippen molar-refractivity contribution >= 4 is 17.9 Å². The normalized spacial score (nSPS) is 11.7. The van der Waals surface area contributed by atoms with Gasteiger partial charge in [-0.05, 0) is 29.5 Å². The molecule has 340 valence electrons. The molecule has 6 heteroatoms. The maximum atomic E-state index is 13.0. The number of ether oxygens (including phenoxy) is 3. The van der Waals surface area contributed by atoms with Crippen molar-refractivity contribution < 1.29 is 28.6 Å². The van der Waals surface area contributed by atoms with Crippen molar-refractivity contribution in [3.05, 3.63) is 60.2 Å². The van der Waals surface area contributed by atoms with Gasteiger partial charge in [-0.2, -0.15) is 0 Å². The molecule has 0 heterocycles. The minimum atomic E-state index is -0.846. The molecule has 6 nitrogen and oxygen atoms in total. The zero-order valence-electron chi connectivity index (χ0n) is 38.7. The Labute approximate surface area is 368 Å². The van der Waals surface area contributed by atoms with Gasteiger partial charge in [0, 0.05) is 12.8 Å². The number of carbonyl (C=O) groups is 3. The number of carbonyl (C=O) groups excluding carboxylic acids is 3. The summed E-state index contributed by atoms with van der Waals surface area (Å²) in [6.45, 7) is 4.30. The Balaban J connectivity index is 1.63. The molecule has 0 aliphatic carbocycles. The van der Waals surface area contributed by atoms with Gasteiger partial charge in [0.15, 0.2) is 6.10 Å². The molecule has 2 aromatic rings. The highest BCUT2D eigenvalue weighted by molar-refractivity contribution is 5.74. The predicted molar refractivity (Wildman–Crippen MR) is 251 cm³/mol. The summed E-state index contributed by atoms with van der Waals surface area (Å²) in [6.07, 6.45) is 39.4. The van der Waals surface area contributed by atoms with Crippen LogP contribution in [0.15, 0.2) is 54.6 Å². The Morgan fingerprint density at radius 2 is 0.700 bits per heavy atom. The molecule has 0 aromatic heterocycles. The molecule has 0 saturated carbocycles. The first-order valence-electron chi connectivity index (χ1n) is 25.2. The highest BCUT2D eigenvalue weighted by atomic mass is 16.6. The first-order chi connectivity index (χ1) is 29.5. The highest BCUT2D eigenvalue weighted by Gasteiger charge is 2.20. The van der Waals surface area contributed by atoms with Crippen LogP contribution in [0.5, 0.6) is 0 Å². The second-order valence-electron chi connectivity index (χ2n) is 17.5. The van der Waals surface area contributed by atoms with Crippen LogP contribution in [0.25, 0.3) is 11.1 Å². The molecule has 0 fully saturated rings. The SMILES string of the molecule is CCCCCCCCCCCCCCCCCCC(=O)OCC(COC(=O)CCCCCCCCCCCCCCCCC)OC(=O)Cc1ccc(-c2ccccc2)cc1. The summed E-state index contributed by atoms with van der Waals surface area (Å²) < 4.78 is 16.9. The number of benzene rings is 2. The molecule has 0 saturated heterocycles. The van der Waals surface area contributed by atoms with E-state index in [0.717, 1.165) is 55.2 Å². The monoisotopic (exact) mass is 833 g/mol. The lowest BCUT2D eigenvalue weighted by molar-refractivity contribution is -0.166. The van der Waals surface area contributed by atoms with E-state index in [-0.39, 0.29) is 31.6 Å². The van der Waals surface area contributed by atoms with E-state index in [2.05, 4.69) is 26.0 Å². The predicted octanol–water partition coefficient (Wildman–Crippen LogP) is 15.8. The average Bonchev–Trinajstić information content (AvgIpc) is 3.26. The highest BCUT2D eigenvalue weighted by Crippen LogP contribution is 2.20. The second kappa shape index (κ2) is 38.7. The second-order valence-corrected chi connectivity index (χ2v) is 17.5. The fourth-order valence-corrected chi connectivity index (χ4v) is 7.93. The van der Waals surface area contributed by atoms with E-state index < -0.39 is 12.1 Å². The lowest BCUT2D eigenvalue weighted by atomic mass is 10.0. The van der Waals surface area contributed by atoms with Crippen LogP contribution in [0.4, 0.5) is 0 Å². The van der Waals surface area contributed by atoms with E-state index in [4.69, 9.17) is 14.2 Å². The molecule has 0 N–H and O–H groups in total. The van der Waals surface area contributed by atoms with E-state index >= 15 is 0 Å². The van der Waals surface area contributed by atoms with E-state index in [1.165, 1.54) is 161 Å². The first-order valence-corrected chi connectivity index (χ1v) is 25.2. The summed E-state index contributed by atoms with van der Waals surface area (Å²) in [5, 5.41) is 0. The molecular weight excluding hydrogens is 745 g/mol. The number of unbranched alkanes of at least 4 members (excludes halogenated alkanes) is 29. The quantitative estimate of drug-likeness (QED) is 0.0377. The van der Waals surface area contributed by atoms with Crippen LogP contribution in [0.2, 0.25) is 0 Å². The van der Waals surface area contributed by atoms with Crippen molar-refractivity contribution in [2.75, 3.05) is 13.2 Å². The molecule has 0 aliphatic rings. The molecule has 0 amide bonds. The van der Waals surface area contributed by atoms with Gasteiger partial charge in [-0.15, -0.1) is 0 Å². The summed E-state index contributed by atoms with van der Waals surface area (Å²) in [5.41, 5.74) is 3.01. The molecule has 0 bridgehead atoms. The molecule has 0 radical (unpaired) electrons.